The summed E-state index contributed by atoms with van der Waals surface area (Å²) in [5.74, 6) is -0.263. The molecular formula is C13H20FN3. The van der Waals surface area contributed by atoms with Crippen molar-refractivity contribution < 1.29 is 4.39 Å². The van der Waals surface area contributed by atoms with Gasteiger partial charge >= 0.3 is 0 Å². The molecule has 2 heterocycles. The Balaban J connectivity index is 1.56. The first-order chi connectivity index (χ1) is 8.34. The molecule has 0 bridgehead atoms. The third-order valence-electron chi connectivity index (χ3n) is 3.12. The van der Waals surface area contributed by atoms with Gasteiger partial charge in [-0.25, -0.2) is 4.39 Å². The zero-order chi connectivity index (χ0) is 11.9. The summed E-state index contributed by atoms with van der Waals surface area (Å²) >= 11 is 0. The van der Waals surface area contributed by atoms with E-state index >= 15 is 0 Å². The predicted octanol–water partition coefficient (Wildman–Crippen LogP) is 1.80. The van der Waals surface area contributed by atoms with Crippen LogP contribution < -0.4 is 5.32 Å². The van der Waals surface area contributed by atoms with E-state index in [0.717, 1.165) is 18.5 Å². The number of pyridine rings is 1. The minimum absolute atomic E-state index is 0.263. The lowest BCUT2D eigenvalue weighted by atomic mass is 10.3. The van der Waals surface area contributed by atoms with E-state index in [1.54, 1.807) is 6.20 Å². The van der Waals surface area contributed by atoms with Crippen molar-refractivity contribution in [2.75, 3.05) is 26.2 Å². The van der Waals surface area contributed by atoms with Crippen LogP contribution >= 0.6 is 0 Å². The Kier molecular flexibility index (Phi) is 4.88. The Morgan fingerprint density at radius 2 is 2.12 bits per heavy atom. The second kappa shape index (κ2) is 6.67. The quantitative estimate of drug-likeness (QED) is 0.765. The standard InChI is InChI=1S/C13H20FN3/c14-13-8-12(10-16-11-13)9-15-4-3-7-17-5-1-2-6-17/h8,10-11,15H,1-7,9H2. The Bertz CT molecular complexity index is 337. The highest BCUT2D eigenvalue weighted by atomic mass is 19.1. The molecule has 0 atom stereocenters. The molecule has 1 saturated heterocycles. The first-order valence-electron chi connectivity index (χ1n) is 6.37. The van der Waals surface area contributed by atoms with Crippen LogP contribution in [0.25, 0.3) is 0 Å². The normalized spacial score (nSPS) is 16.5. The van der Waals surface area contributed by atoms with Gasteiger partial charge < -0.3 is 10.2 Å². The summed E-state index contributed by atoms with van der Waals surface area (Å²) in [4.78, 5) is 6.33. The zero-order valence-corrected chi connectivity index (χ0v) is 10.2. The van der Waals surface area contributed by atoms with E-state index in [0.29, 0.717) is 6.54 Å². The SMILES string of the molecule is Fc1cncc(CNCCCN2CCCC2)c1. The summed E-state index contributed by atoms with van der Waals surface area (Å²) in [6.45, 7) is 5.37. The number of likely N-dealkylation sites (tertiary alicyclic amines) is 1. The van der Waals surface area contributed by atoms with Crippen LogP contribution in [0.1, 0.15) is 24.8 Å². The van der Waals surface area contributed by atoms with Gasteiger partial charge in [0.25, 0.3) is 0 Å². The summed E-state index contributed by atoms with van der Waals surface area (Å²) in [7, 11) is 0. The third-order valence-corrected chi connectivity index (χ3v) is 3.12. The van der Waals surface area contributed by atoms with E-state index in [9.17, 15) is 4.39 Å². The molecule has 0 spiro atoms. The van der Waals surface area contributed by atoms with Gasteiger partial charge in [-0.1, -0.05) is 0 Å². The van der Waals surface area contributed by atoms with Gasteiger partial charge in [0.1, 0.15) is 5.82 Å². The van der Waals surface area contributed by atoms with Gasteiger partial charge in [-0.15, -0.1) is 0 Å². The number of aromatic nitrogens is 1. The molecule has 2 rings (SSSR count). The van der Waals surface area contributed by atoms with Crippen LogP contribution in [-0.4, -0.2) is 36.1 Å². The van der Waals surface area contributed by atoms with Crippen molar-refractivity contribution in [1.29, 1.82) is 0 Å². The first kappa shape index (κ1) is 12.5. The maximum Gasteiger partial charge on any atom is 0.141 e. The number of halogens is 1. The van der Waals surface area contributed by atoms with Gasteiger partial charge in [0.2, 0.25) is 0 Å². The molecule has 94 valence electrons. The fourth-order valence-corrected chi connectivity index (χ4v) is 2.22. The highest BCUT2D eigenvalue weighted by Gasteiger charge is 2.09. The molecule has 1 aromatic heterocycles. The smallest absolute Gasteiger partial charge is 0.141 e. The van der Waals surface area contributed by atoms with Gasteiger partial charge in [-0.3, -0.25) is 4.98 Å². The van der Waals surface area contributed by atoms with Gasteiger partial charge in [0.15, 0.2) is 0 Å². The highest BCUT2D eigenvalue weighted by Crippen LogP contribution is 2.07. The Morgan fingerprint density at radius 3 is 2.88 bits per heavy atom. The molecule has 0 saturated carbocycles. The van der Waals surface area contributed by atoms with Crippen LogP contribution in [0.3, 0.4) is 0 Å². The van der Waals surface area contributed by atoms with Crippen LogP contribution in [0, 0.1) is 5.82 Å². The van der Waals surface area contributed by atoms with Crippen molar-refractivity contribution >= 4 is 0 Å². The summed E-state index contributed by atoms with van der Waals surface area (Å²) in [6, 6.07) is 1.53. The highest BCUT2D eigenvalue weighted by molar-refractivity contribution is 5.09. The monoisotopic (exact) mass is 237 g/mol. The summed E-state index contributed by atoms with van der Waals surface area (Å²) < 4.78 is 12.8. The molecule has 1 aliphatic rings. The van der Waals surface area contributed by atoms with Crippen molar-refractivity contribution in [3.05, 3.63) is 29.8 Å². The lowest BCUT2D eigenvalue weighted by Crippen LogP contribution is -2.24. The van der Waals surface area contributed by atoms with E-state index in [4.69, 9.17) is 0 Å². The van der Waals surface area contributed by atoms with Crippen LogP contribution in [0.5, 0.6) is 0 Å². The number of hydrogen-bond donors (Lipinski definition) is 1. The van der Waals surface area contributed by atoms with E-state index in [2.05, 4.69) is 15.2 Å². The molecule has 1 N–H and O–H groups in total. The molecule has 1 fully saturated rings. The second-order valence-corrected chi connectivity index (χ2v) is 4.59. The van der Waals surface area contributed by atoms with Crippen LogP contribution in [-0.2, 0) is 6.54 Å². The predicted molar refractivity (Wildman–Crippen MR) is 66.2 cm³/mol. The first-order valence-corrected chi connectivity index (χ1v) is 6.37. The van der Waals surface area contributed by atoms with E-state index in [1.165, 1.54) is 44.7 Å². The molecule has 4 heteroatoms. The van der Waals surface area contributed by atoms with Crippen molar-refractivity contribution in [2.45, 2.75) is 25.8 Å². The fraction of sp³-hybridized carbons (Fsp3) is 0.615. The average molecular weight is 237 g/mol. The molecule has 1 aliphatic heterocycles. The van der Waals surface area contributed by atoms with Crippen LogP contribution in [0.4, 0.5) is 4.39 Å². The Labute approximate surface area is 102 Å². The van der Waals surface area contributed by atoms with Gasteiger partial charge in [-0.2, -0.15) is 0 Å². The summed E-state index contributed by atoms with van der Waals surface area (Å²) in [6.07, 6.45) is 6.79. The molecule has 1 aromatic rings. The maximum atomic E-state index is 12.8. The molecule has 17 heavy (non-hydrogen) atoms. The average Bonchev–Trinajstić information content (AvgIpc) is 2.82. The molecule has 3 nitrogen and oxygen atoms in total. The molecule has 0 aromatic carbocycles. The number of rotatable bonds is 6. The molecule has 0 unspecified atom stereocenters. The van der Waals surface area contributed by atoms with Crippen LogP contribution in [0.2, 0.25) is 0 Å². The Hall–Kier alpha value is -1.00. The lowest BCUT2D eigenvalue weighted by Gasteiger charge is -2.14. The number of hydrogen-bond acceptors (Lipinski definition) is 3. The topological polar surface area (TPSA) is 28.2 Å². The van der Waals surface area contributed by atoms with E-state index < -0.39 is 0 Å². The minimum Gasteiger partial charge on any atom is -0.313 e. The molecule has 0 aliphatic carbocycles. The largest absolute Gasteiger partial charge is 0.313 e. The fourth-order valence-electron chi connectivity index (χ4n) is 2.22. The van der Waals surface area contributed by atoms with Crippen molar-refractivity contribution in [3.8, 4) is 0 Å². The van der Waals surface area contributed by atoms with Gasteiger partial charge in [0, 0.05) is 12.7 Å². The summed E-state index contributed by atoms with van der Waals surface area (Å²) in [5.41, 5.74) is 0.908. The van der Waals surface area contributed by atoms with E-state index in [-0.39, 0.29) is 5.82 Å². The van der Waals surface area contributed by atoms with E-state index in [1.807, 2.05) is 0 Å². The molecule has 0 amide bonds. The molecule has 0 radical (unpaired) electrons. The van der Waals surface area contributed by atoms with Gasteiger partial charge in [-0.05, 0) is 57.1 Å². The second-order valence-electron chi connectivity index (χ2n) is 4.59. The number of nitrogens with one attached hydrogen (secondary N) is 1. The molecular weight excluding hydrogens is 217 g/mol. The van der Waals surface area contributed by atoms with Gasteiger partial charge in [0.05, 0.1) is 6.20 Å². The van der Waals surface area contributed by atoms with Crippen molar-refractivity contribution in [2.24, 2.45) is 0 Å². The maximum absolute atomic E-state index is 12.8. The van der Waals surface area contributed by atoms with Crippen molar-refractivity contribution in [1.82, 2.24) is 15.2 Å². The Morgan fingerprint density at radius 1 is 1.29 bits per heavy atom. The minimum atomic E-state index is -0.263. The summed E-state index contributed by atoms with van der Waals surface area (Å²) in [5, 5.41) is 3.32. The number of nitrogens with zero attached hydrogens (tertiary/aromatic N) is 2. The van der Waals surface area contributed by atoms with Crippen molar-refractivity contribution in [3.63, 3.8) is 0 Å². The van der Waals surface area contributed by atoms with Crippen LogP contribution in [0.15, 0.2) is 18.5 Å². The zero-order valence-electron chi connectivity index (χ0n) is 10.2. The lowest BCUT2D eigenvalue weighted by molar-refractivity contribution is 0.331. The third kappa shape index (κ3) is 4.40.